The van der Waals surface area contributed by atoms with Crippen molar-refractivity contribution in [1.82, 2.24) is 35.2 Å². The summed E-state index contributed by atoms with van der Waals surface area (Å²) in [5.41, 5.74) is 11.4. The topological polar surface area (TPSA) is 280 Å². The van der Waals surface area contributed by atoms with E-state index in [9.17, 15) is 24.5 Å². The van der Waals surface area contributed by atoms with E-state index in [1.807, 2.05) is 0 Å². The molecule has 7 unspecified atom stereocenters. The number of phosphoric ester groups is 1. The number of nitrogens with two attached hydrogens (primary N) is 2. The zero-order valence-electron chi connectivity index (χ0n) is 19.9. The highest BCUT2D eigenvalue weighted by atomic mass is 31.2. The van der Waals surface area contributed by atoms with Gasteiger partial charge in [-0.1, -0.05) is 0 Å². The number of hydrogen-bond acceptors (Lipinski definition) is 15. The second-order valence-corrected chi connectivity index (χ2v) is 9.92. The molecule has 5 heterocycles. The maximum atomic E-state index is 12.7. The minimum absolute atomic E-state index is 0. The van der Waals surface area contributed by atoms with Gasteiger partial charge in [0.05, 0.1) is 25.6 Å². The lowest BCUT2D eigenvalue weighted by atomic mass is 10.2. The molecule has 0 saturated carbocycles. The molecule has 3 aromatic heterocycles. The first-order valence-electron chi connectivity index (χ1n) is 11.2. The van der Waals surface area contributed by atoms with E-state index in [1.54, 1.807) is 4.57 Å². The van der Waals surface area contributed by atoms with Crippen LogP contribution < -0.4 is 23.3 Å². The van der Waals surface area contributed by atoms with Gasteiger partial charge in [-0.05, 0) is 6.07 Å². The van der Waals surface area contributed by atoms with E-state index in [4.69, 9.17) is 30.0 Å². The Morgan fingerprint density at radius 3 is 2.61 bits per heavy atom. The fourth-order valence-electron chi connectivity index (χ4n) is 4.28. The molecule has 2 fully saturated rings. The van der Waals surface area contributed by atoms with Crippen molar-refractivity contribution in [2.75, 3.05) is 24.7 Å². The monoisotopic (exact) mass is 557 g/mol. The van der Waals surface area contributed by atoms with Crippen LogP contribution in [0.5, 0.6) is 0 Å². The average molecular weight is 557 g/mol. The van der Waals surface area contributed by atoms with Crippen LogP contribution in [0.2, 0.25) is 0 Å². The minimum Gasteiger partial charge on any atom is -0.394 e. The Balaban J connectivity index is 0.00000336. The maximum absolute atomic E-state index is 12.7. The third kappa shape index (κ3) is 5.53. The average Bonchev–Trinajstić information content (AvgIpc) is 3.54. The lowest BCUT2D eigenvalue weighted by Crippen LogP contribution is -2.29. The summed E-state index contributed by atoms with van der Waals surface area (Å²) in [6.07, 6.45) is -1.53. The Hall–Kier alpha value is -3.06. The fourth-order valence-corrected chi connectivity index (χ4v) is 5.24. The van der Waals surface area contributed by atoms with Crippen LogP contribution in [0.4, 0.5) is 11.6 Å². The van der Waals surface area contributed by atoms with Crippen LogP contribution in [0.25, 0.3) is 11.2 Å². The number of anilines is 2. The molecule has 0 aliphatic carbocycles. The van der Waals surface area contributed by atoms with Crippen molar-refractivity contribution in [2.24, 2.45) is 0 Å². The Morgan fingerprint density at radius 1 is 1.13 bits per heavy atom. The normalized spacial score (nSPS) is 28.8. The molecule has 5 rings (SSSR count). The van der Waals surface area contributed by atoms with Crippen molar-refractivity contribution in [1.29, 1.82) is 0 Å². The van der Waals surface area contributed by atoms with Crippen LogP contribution in [0.3, 0.4) is 0 Å². The number of fused-ring (bicyclic) bond motifs is 1. The third-order valence-electron chi connectivity index (χ3n) is 6.09. The molecule has 0 radical (unpaired) electrons. The predicted octanol–water partition coefficient (Wildman–Crippen LogP) is -1.16. The van der Waals surface area contributed by atoms with Gasteiger partial charge in [-0.25, -0.2) is 24.3 Å². The highest BCUT2D eigenvalue weighted by Crippen LogP contribution is 2.49. The summed E-state index contributed by atoms with van der Waals surface area (Å²) >= 11 is 0. The van der Waals surface area contributed by atoms with Crippen LogP contribution in [-0.4, -0.2) is 81.8 Å². The predicted molar refractivity (Wildman–Crippen MR) is 128 cm³/mol. The molecule has 2 aliphatic heterocycles. The zero-order chi connectivity index (χ0) is 26.3. The van der Waals surface area contributed by atoms with Gasteiger partial charge in [-0.3, -0.25) is 18.2 Å². The molecule has 2 saturated heterocycles. The summed E-state index contributed by atoms with van der Waals surface area (Å²) in [4.78, 5) is 38.1. The first kappa shape index (κ1) is 28.0. The summed E-state index contributed by atoms with van der Waals surface area (Å²) in [6, 6.07) is 1.40. The lowest BCUT2D eigenvalue weighted by Gasteiger charge is -2.21. The number of nitrogens with zero attached hydrogens (tertiary/aromatic N) is 6. The lowest BCUT2D eigenvalue weighted by molar-refractivity contribution is -0.0566. The Bertz CT molecular complexity index is 1390. The number of nitrogen functional groups attached to an aromatic ring is 2. The number of imidazole rings is 1. The van der Waals surface area contributed by atoms with Crippen molar-refractivity contribution in [2.45, 2.75) is 49.7 Å². The summed E-state index contributed by atoms with van der Waals surface area (Å²) in [5.74, 6) is 0.216. The second-order valence-electron chi connectivity index (χ2n) is 8.51. The van der Waals surface area contributed by atoms with Crippen molar-refractivity contribution in [3.8, 4) is 0 Å². The van der Waals surface area contributed by atoms with E-state index in [-0.39, 0.29) is 30.6 Å². The molecule has 0 bridgehead atoms. The van der Waals surface area contributed by atoms with Crippen LogP contribution >= 0.6 is 7.82 Å². The largest absolute Gasteiger partial charge is 0.472 e. The molecule has 208 valence electrons. The summed E-state index contributed by atoms with van der Waals surface area (Å²) in [7, 11) is -4.69. The number of aliphatic hydroxyl groups excluding tert-OH is 2. The molecule has 7 atom stereocenters. The minimum atomic E-state index is -4.69. The molecule has 38 heavy (non-hydrogen) atoms. The van der Waals surface area contributed by atoms with Gasteiger partial charge in [-0.15, -0.1) is 0 Å². The molecule has 2 aliphatic rings. The molecule has 19 heteroatoms. The molecule has 0 aromatic carbocycles. The molecule has 10 N–H and O–H groups in total. The van der Waals surface area contributed by atoms with Gasteiger partial charge in [0, 0.05) is 19.0 Å². The molecule has 0 spiro atoms. The van der Waals surface area contributed by atoms with Crippen molar-refractivity contribution >= 4 is 30.6 Å². The Kier molecular flexibility index (Phi) is 8.07. The fraction of sp³-hybridized carbons (Fsp3) is 0.526. The van der Waals surface area contributed by atoms with Gasteiger partial charge in [0.15, 0.2) is 11.5 Å². The van der Waals surface area contributed by atoms with Crippen molar-refractivity contribution < 1.29 is 38.2 Å². The van der Waals surface area contributed by atoms with Gasteiger partial charge < -0.3 is 42.2 Å². The first-order valence-corrected chi connectivity index (χ1v) is 12.7. The highest BCUT2D eigenvalue weighted by molar-refractivity contribution is 7.47. The molecular weight excluding hydrogens is 529 g/mol. The van der Waals surface area contributed by atoms with Crippen molar-refractivity contribution in [3.63, 3.8) is 0 Å². The number of ether oxygens (including phenoxy) is 2. The Labute approximate surface area is 214 Å². The van der Waals surface area contributed by atoms with Gasteiger partial charge in [0.2, 0.25) is 0 Å². The van der Waals surface area contributed by atoms with Crippen molar-refractivity contribution in [3.05, 3.63) is 35.4 Å². The molecule has 0 amide bonds. The number of aliphatic hydroxyl groups is 2. The number of phosphoric acid groups is 1. The second kappa shape index (κ2) is 11.0. The molecule has 18 nitrogen and oxygen atoms in total. The van der Waals surface area contributed by atoms with Gasteiger partial charge in [0.25, 0.3) is 0 Å². The first-order chi connectivity index (χ1) is 17.6. The van der Waals surface area contributed by atoms with Gasteiger partial charge in [0.1, 0.15) is 48.4 Å². The smallest absolute Gasteiger partial charge is 0.394 e. The van der Waals surface area contributed by atoms with Crippen LogP contribution in [0.15, 0.2) is 29.7 Å². The van der Waals surface area contributed by atoms with Gasteiger partial charge in [-0.2, -0.15) is 4.98 Å². The van der Waals surface area contributed by atoms with E-state index in [1.165, 1.54) is 24.9 Å². The Morgan fingerprint density at radius 2 is 1.87 bits per heavy atom. The van der Waals surface area contributed by atoms with Gasteiger partial charge >= 0.3 is 13.5 Å². The summed E-state index contributed by atoms with van der Waals surface area (Å²) in [6.45, 7) is -1.01. The molecule has 3 aromatic rings. The third-order valence-corrected chi connectivity index (χ3v) is 7.11. The van der Waals surface area contributed by atoms with E-state index in [2.05, 4.69) is 19.9 Å². The van der Waals surface area contributed by atoms with E-state index in [0.717, 1.165) is 4.57 Å². The summed E-state index contributed by atoms with van der Waals surface area (Å²) in [5, 5.41) is 20.1. The number of aromatic nitrogens is 6. The van der Waals surface area contributed by atoms with E-state index in [0.29, 0.717) is 11.2 Å². The van der Waals surface area contributed by atoms with E-state index < -0.39 is 63.6 Å². The standard InChI is InChI=1S/C19H25N8O9P.H3N/c20-13-1-2-26(19(30)25-13)14-3-9(29)12(35-14)6-33-37(31,32)36-10-4-15(34-11(10)5-28)27-8-24-16-17(21)22-7-23-18(16)27;/h1-2,7-12,14-15,28-29H,3-6H2,(H,31,32)(H2,20,25,30)(H2,21,22,23);1H3. The quantitative estimate of drug-likeness (QED) is 0.178. The maximum Gasteiger partial charge on any atom is 0.472 e. The van der Waals surface area contributed by atoms with E-state index >= 15 is 0 Å². The van der Waals surface area contributed by atoms with Crippen LogP contribution in [0.1, 0.15) is 25.3 Å². The number of hydrogen-bond donors (Lipinski definition) is 6. The molecular formula is C19H28N9O9P. The van der Waals surface area contributed by atoms with Crippen LogP contribution in [0, 0.1) is 0 Å². The zero-order valence-corrected chi connectivity index (χ0v) is 20.8. The SMILES string of the molecule is N.Nc1ccn(C2CC(O)C(COP(=O)(O)OC3CC(n4cnc5c(N)ncnc54)OC3CO)O2)c(=O)n1. The highest BCUT2D eigenvalue weighted by Gasteiger charge is 2.43. The van der Waals surface area contributed by atoms with Crippen LogP contribution in [-0.2, 0) is 23.1 Å². The number of rotatable bonds is 8. The summed E-state index contributed by atoms with van der Waals surface area (Å²) < 4.78 is 37.2.